The van der Waals surface area contributed by atoms with Gasteiger partial charge in [-0.05, 0) is 18.2 Å². The van der Waals surface area contributed by atoms with Crippen molar-refractivity contribution >= 4 is 45.4 Å². The lowest BCUT2D eigenvalue weighted by atomic mass is 10.3. The van der Waals surface area contributed by atoms with Crippen molar-refractivity contribution in [3.05, 3.63) is 28.1 Å². The van der Waals surface area contributed by atoms with Gasteiger partial charge in [-0.15, -0.1) is 0 Å². The Bertz CT molecular complexity index is 643. The Morgan fingerprint density at radius 2 is 2.30 bits per heavy atom. The number of nitrogens with zero attached hydrogens (tertiary/aromatic N) is 1. The van der Waals surface area contributed by atoms with Gasteiger partial charge >= 0.3 is 0 Å². The van der Waals surface area contributed by atoms with Gasteiger partial charge in [-0.3, -0.25) is 4.79 Å². The van der Waals surface area contributed by atoms with Crippen molar-refractivity contribution in [1.82, 2.24) is 4.98 Å². The number of ether oxygens (including phenoxy) is 1. The van der Waals surface area contributed by atoms with Crippen LogP contribution in [0.15, 0.2) is 18.2 Å². The summed E-state index contributed by atoms with van der Waals surface area (Å²) in [5.74, 6) is 0.836. The maximum Gasteiger partial charge on any atom is 0.189 e. The minimum atomic E-state index is -0.0131. The van der Waals surface area contributed by atoms with Gasteiger partial charge < -0.3 is 15.8 Å². The normalized spacial score (nSPS) is 10.3. The lowest BCUT2D eigenvalue weighted by molar-refractivity contribution is 0.0992. The summed E-state index contributed by atoms with van der Waals surface area (Å²) >= 11 is 7.28. The molecule has 1 aromatic carbocycles. The Hall–Kier alpha value is -1.79. The predicted octanol–water partition coefficient (Wildman–Crippen LogP) is 3.72. The largest absolute Gasteiger partial charge is 0.495 e. The van der Waals surface area contributed by atoms with E-state index in [-0.39, 0.29) is 11.6 Å². The Balaban J connectivity index is 2.22. The number of benzene rings is 1. The molecule has 0 saturated heterocycles. The molecule has 7 heteroatoms. The average Bonchev–Trinajstić information content (AvgIpc) is 2.79. The third kappa shape index (κ3) is 3.02. The topological polar surface area (TPSA) is 77.2 Å². The molecule has 106 valence electrons. The van der Waals surface area contributed by atoms with E-state index in [0.717, 1.165) is 5.69 Å². The van der Waals surface area contributed by atoms with Crippen LogP contribution in [0.4, 0.5) is 16.6 Å². The summed E-state index contributed by atoms with van der Waals surface area (Å²) in [6.45, 7) is 1.79. The molecule has 2 aromatic rings. The maximum absolute atomic E-state index is 11.7. The van der Waals surface area contributed by atoms with Gasteiger partial charge in [0.1, 0.15) is 16.4 Å². The second-order valence-corrected chi connectivity index (χ2v) is 5.39. The van der Waals surface area contributed by atoms with Gasteiger partial charge in [0.2, 0.25) is 0 Å². The number of carbonyl (C=O) groups is 1. The van der Waals surface area contributed by atoms with Crippen LogP contribution in [-0.4, -0.2) is 17.9 Å². The van der Waals surface area contributed by atoms with Gasteiger partial charge in [-0.25, -0.2) is 4.98 Å². The van der Waals surface area contributed by atoms with Gasteiger partial charge in [0, 0.05) is 12.1 Å². The molecule has 0 radical (unpaired) electrons. The molecule has 0 spiro atoms. The van der Waals surface area contributed by atoms with Crippen LogP contribution in [0.2, 0.25) is 5.02 Å². The van der Waals surface area contributed by atoms with Crippen LogP contribution in [0.1, 0.15) is 23.0 Å². The number of thiazole rings is 1. The molecular weight excluding hydrogens is 298 g/mol. The molecule has 5 nitrogen and oxygen atoms in total. The van der Waals surface area contributed by atoms with Gasteiger partial charge in [-0.2, -0.15) is 0 Å². The van der Waals surface area contributed by atoms with Crippen LogP contribution < -0.4 is 15.8 Å². The van der Waals surface area contributed by atoms with Crippen molar-refractivity contribution in [2.45, 2.75) is 13.3 Å². The summed E-state index contributed by atoms with van der Waals surface area (Å²) in [7, 11) is 1.55. The van der Waals surface area contributed by atoms with Crippen molar-refractivity contribution in [3.8, 4) is 5.75 Å². The second kappa shape index (κ2) is 6.11. The second-order valence-electron chi connectivity index (χ2n) is 3.98. The minimum absolute atomic E-state index is 0.0131. The Labute approximate surface area is 125 Å². The number of ketones is 1. The number of anilines is 3. The molecule has 0 aliphatic carbocycles. The molecular formula is C13H14ClN3O2S. The number of nitrogen functional groups attached to an aromatic ring is 1. The average molecular weight is 312 g/mol. The third-order valence-corrected chi connectivity index (χ3v) is 3.95. The fraction of sp³-hybridized carbons (Fsp3) is 0.231. The summed E-state index contributed by atoms with van der Waals surface area (Å²) in [6, 6.07) is 5.28. The summed E-state index contributed by atoms with van der Waals surface area (Å²) in [4.78, 5) is 16.3. The van der Waals surface area contributed by atoms with Crippen LogP contribution in [0.25, 0.3) is 0 Å². The summed E-state index contributed by atoms with van der Waals surface area (Å²) in [6.07, 6.45) is 0.403. The SMILES string of the molecule is CCC(=O)c1sc(Nc2ccc(OC)c(Cl)c2)nc1N. The first kappa shape index (κ1) is 14.6. The number of rotatable bonds is 5. The molecule has 0 amide bonds. The first-order valence-electron chi connectivity index (χ1n) is 5.95. The van der Waals surface area contributed by atoms with Gasteiger partial charge in [0.25, 0.3) is 0 Å². The van der Waals surface area contributed by atoms with Crippen molar-refractivity contribution in [3.63, 3.8) is 0 Å². The maximum atomic E-state index is 11.7. The zero-order valence-electron chi connectivity index (χ0n) is 11.1. The first-order valence-corrected chi connectivity index (χ1v) is 7.14. The molecule has 2 rings (SSSR count). The number of Topliss-reactive ketones (excluding diaryl/α,β-unsaturated/α-hetero) is 1. The highest BCUT2D eigenvalue weighted by Gasteiger charge is 2.14. The summed E-state index contributed by atoms with van der Waals surface area (Å²) < 4.78 is 5.08. The molecule has 3 N–H and O–H groups in total. The number of aromatic nitrogens is 1. The lowest BCUT2D eigenvalue weighted by Gasteiger charge is -2.06. The van der Waals surface area contributed by atoms with E-state index in [1.54, 1.807) is 26.2 Å². The van der Waals surface area contributed by atoms with Crippen molar-refractivity contribution in [1.29, 1.82) is 0 Å². The molecule has 0 atom stereocenters. The molecule has 0 unspecified atom stereocenters. The van der Waals surface area contributed by atoms with E-state index >= 15 is 0 Å². The van der Waals surface area contributed by atoms with Crippen LogP contribution >= 0.6 is 22.9 Å². The van der Waals surface area contributed by atoms with Gasteiger partial charge in [0.05, 0.1) is 12.1 Å². The minimum Gasteiger partial charge on any atom is -0.495 e. The van der Waals surface area contributed by atoms with E-state index in [1.165, 1.54) is 11.3 Å². The fourth-order valence-electron chi connectivity index (χ4n) is 1.61. The Morgan fingerprint density at radius 3 is 2.90 bits per heavy atom. The summed E-state index contributed by atoms with van der Waals surface area (Å²) in [5.41, 5.74) is 6.49. The fourth-order valence-corrected chi connectivity index (χ4v) is 2.79. The standard InChI is InChI=1S/C13H14ClN3O2S/c1-3-9(18)11-12(15)17-13(20-11)16-7-4-5-10(19-2)8(14)6-7/h4-6H,3,15H2,1-2H3,(H,16,17). The lowest BCUT2D eigenvalue weighted by Crippen LogP contribution is -1.98. The van der Waals surface area contributed by atoms with E-state index in [4.69, 9.17) is 22.1 Å². The molecule has 0 aliphatic rings. The number of carbonyl (C=O) groups excluding carboxylic acids is 1. The predicted molar refractivity (Wildman–Crippen MR) is 82.4 cm³/mol. The number of nitrogens with one attached hydrogen (secondary N) is 1. The van der Waals surface area contributed by atoms with E-state index in [9.17, 15) is 4.79 Å². The number of methoxy groups -OCH3 is 1. The number of hydrogen-bond acceptors (Lipinski definition) is 6. The molecule has 0 aliphatic heterocycles. The Morgan fingerprint density at radius 1 is 1.55 bits per heavy atom. The third-order valence-electron chi connectivity index (χ3n) is 2.63. The zero-order valence-corrected chi connectivity index (χ0v) is 12.6. The Kier molecular flexibility index (Phi) is 4.46. The monoisotopic (exact) mass is 311 g/mol. The molecule has 1 heterocycles. The van der Waals surface area contributed by atoms with Crippen LogP contribution in [-0.2, 0) is 0 Å². The van der Waals surface area contributed by atoms with Crippen LogP contribution in [0, 0.1) is 0 Å². The quantitative estimate of drug-likeness (QED) is 0.823. The number of nitrogens with two attached hydrogens (primary N) is 1. The van der Waals surface area contributed by atoms with E-state index in [1.807, 2.05) is 6.07 Å². The molecule has 0 saturated carbocycles. The zero-order chi connectivity index (χ0) is 14.7. The summed E-state index contributed by atoms with van der Waals surface area (Å²) in [5, 5.41) is 4.12. The highest BCUT2D eigenvalue weighted by Crippen LogP contribution is 2.32. The van der Waals surface area contributed by atoms with E-state index < -0.39 is 0 Å². The molecule has 1 aromatic heterocycles. The molecule has 20 heavy (non-hydrogen) atoms. The van der Waals surface area contributed by atoms with Crippen LogP contribution in [0.3, 0.4) is 0 Å². The smallest absolute Gasteiger partial charge is 0.189 e. The van der Waals surface area contributed by atoms with Gasteiger partial charge in [-0.1, -0.05) is 29.9 Å². The molecule has 0 bridgehead atoms. The van der Waals surface area contributed by atoms with Crippen molar-refractivity contribution in [2.24, 2.45) is 0 Å². The number of hydrogen-bond donors (Lipinski definition) is 2. The van der Waals surface area contributed by atoms with Crippen molar-refractivity contribution in [2.75, 3.05) is 18.2 Å². The van der Waals surface area contributed by atoms with E-state index in [0.29, 0.717) is 27.2 Å². The van der Waals surface area contributed by atoms with E-state index in [2.05, 4.69) is 10.3 Å². The first-order chi connectivity index (χ1) is 9.55. The van der Waals surface area contributed by atoms with Crippen LogP contribution in [0.5, 0.6) is 5.75 Å². The van der Waals surface area contributed by atoms with Gasteiger partial charge in [0.15, 0.2) is 10.9 Å². The number of halogens is 1. The highest BCUT2D eigenvalue weighted by atomic mass is 35.5. The highest BCUT2D eigenvalue weighted by molar-refractivity contribution is 7.18. The molecule has 0 fully saturated rings. The van der Waals surface area contributed by atoms with Crippen molar-refractivity contribution < 1.29 is 9.53 Å².